The lowest BCUT2D eigenvalue weighted by molar-refractivity contribution is -0.118. The minimum atomic E-state index is -3.40. The average molecular weight is 450 g/mol. The second-order valence-corrected chi connectivity index (χ2v) is 10.5. The van der Waals surface area contributed by atoms with Crippen LogP contribution in [0.4, 0.5) is 5.82 Å². The lowest BCUT2D eigenvalue weighted by Gasteiger charge is -2.26. The van der Waals surface area contributed by atoms with Crippen molar-refractivity contribution in [3.05, 3.63) is 47.4 Å². The van der Waals surface area contributed by atoms with Crippen molar-refractivity contribution in [2.24, 2.45) is 5.92 Å². The molecule has 30 heavy (non-hydrogen) atoms. The standard InChI is InChI=1S/C21H24ClN3O4S/c22-18-12-15(1-4-19(18)30(27,28)16-2-3-16)17(11-14-6-9-29-10-7-14)21(26)25-20-5-8-23-13-24-20/h1,4-5,8,12-14,16-17H,2-3,6-7,9-11H2,(H,23,24,25,26)/t17-/m1/s1. The van der Waals surface area contributed by atoms with Crippen molar-refractivity contribution >= 4 is 33.2 Å². The molecule has 1 amide bonds. The number of anilines is 1. The van der Waals surface area contributed by atoms with Crippen LogP contribution in [-0.2, 0) is 19.4 Å². The zero-order valence-corrected chi connectivity index (χ0v) is 18.0. The lowest BCUT2D eigenvalue weighted by atomic mass is 9.84. The molecule has 1 aromatic heterocycles. The molecule has 1 aliphatic carbocycles. The summed E-state index contributed by atoms with van der Waals surface area (Å²) in [6.07, 6.45) is 6.69. The van der Waals surface area contributed by atoms with Gasteiger partial charge >= 0.3 is 0 Å². The number of carbonyl (C=O) groups excluding carboxylic acids is 1. The molecule has 0 bridgehead atoms. The van der Waals surface area contributed by atoms with Gasteiger partial charge in [-0.2, -0.15) is 0 Å². The number of amides is 1. The van der Waals surface area contributed by atoms with Crippen LogP contribution in [0.1, 0.15) is 43.6 Å². The molecule has 4 rings (SSSR count). The third-order valence-corrected chi connectivity index (χ3v) is 8.43. The SMILES string of the molecule is O=C(Nc1ccncn1)[C@H](CC1CCOCC1)c1ccc(S(=O)(=O)C2CC2)c(Cl)c1. The first-order valence-electron chi connectivity index (χ1n) is 10.1. The van der Waals surface area contributed by atoms with Crippen LogP contribution in [0.2, 0.25) is 5.02 Å². The molecule has 0 radical (unpaired) electrons. The van der Waals surface area contributed by atoms with Crippen LogP contribution < -0.4 is 5.32 Å². The predicted octanol–water partition coefficient (Wildman–Crippen LogP) is 3.61. The summed E-state index contributed by atoms with van der Waals surface area (Å²) >= 11 is 6.39. The summed E-state index contributed by atoms with van der Waals surface area (Å²) in [6, 6.07) is 6.51. The molecule has 7 nitrogen and oxygen atoms in total. The Labute approximate surface area is 181 Å². The van der Waals surface area contributed by atoms with Gasteiger partial charge in [0.1, 0.15) is 12.1 Å². The van der Waals surface area contributed by atoms with Gasteiger partial charge in [0.05, 0.1) is 21.1 Å². The Hall–Kier alpha value is -2.03. The van der Waals surface area contributed by atoms with Crippen LogP contribution in [0.5, 0.6) is 0 Å². The highest BCUT2D eigenvalue weighted by Crippen LogP contribution is 2.38. The summed E-state index contributed by atoms with van der Waals surface area (Å²) in [7, 11) is -3.40. The van der Waals surface area contributed by atoms with Crippen LogP contribution in [-0.4, -0.2) is 42.8 Å². The smallest absolute Gasteiger partial charge is 0.233 e. The number of hydrogen-bond donors (Lipinski definition) is 1. The van der Waals surface area contributed by atoms with Crippen molar-refractivity contribution in [1.82, 2.24) is 9.97 Å². The Morgan fingerprint density at radius 3 is 2.60 bits per heavy atom. The first-order valence-corrected chi connectivity index (χ1v) is 12.1. The number of nitrogens with zero attached hydrogens (tertiary/aromatic N) is 2. The highest BCUT2D eigenvalue weighted by atomic mass is 35.5. The quantitative estimate of drug-likeness (QED) is 0.693. The molecule has 2 fully saturated rings. The number of halogens is 1. The van der Waals surface area contributed by atoms with Gasteiger partial charge in [-0.3, -0.25) is 4.79 Å². The molecule has 2 aromatic rings. The molecule has 2 heterocycles. The van der Waals surface area contributed by atoms with E-state index >= 15 is 0 Å². The van der Waals surface area contributed by atoms with Crippen molar-refractivity contribution in [3.8, 4) is 0 Å². The van der Waals surface area contributed by atoms with Crippen LogP contribution in [0.15, 0.2) is 41.7 Å². The number of rotatable bonds is 7. The van der Waals surface area contributed by atoms with Crippen LogP contribution in [0.25, 0.3) is 0 Å². The zero-order chi connectivity index (χ0) is 21.1. The van der Waals surface area contributed by atoms with Crippen LogP contribution in [0, 0.1) is 5.92 Å². The second kappa shape index (κ2) is 8.99. The van der Waals surface area contributed by atoms with Gasteiger partial charge in [0.25, 0.3) is 0 Å². The largest absolute Gasteiger partial charge is 0.381 e. The minimum Gasteiger partial charge on any atom is -0.381 e. The fourth-order valence-electron chi connectivity index (χ4n) is 3.81. The molecule has 9 heteroatoms. The van der Waals surface area contributed by atoms with Gasteiger partial charge in [0, 0.05) is 19.4 Å². The summed E-state index contributed by atoms with van der Waals surface area (Å²) in [6.45, 7) is 1.37. The Bertz CT molecular complexity index is 1010. The molecular formula is C21H24ClN3O4S. The number of aromatic nitrogens is 2. The van der Waals surface area contributed by atoms with E-state index < -0.39 is 15.8 Å². The summed E-state index contributed by atoms with van der Waals surface area (Å²) in [5, 5.41) is 2.68. The molecule has 2 aliphatic rings. The van der Waals surface area contributed by atoms with Crippen molar-refractivity contribution in [2.45, 2.75) is 48.2 Å². The summed E-state index contributed by atoms with van der Waals surface area (Å²) in [5.41, 5.74) is 0.702. The van der Waals surface area contributed by atoms with E-state index in [1.54, 1.807) is 30.5 Å². The van der Waals surface area contributed by atoms with E-state index in [-0.39, 0.29) is 21.1 Å². The van der Waals surface area contributed by atoms with E-state index in [0.29, 0.717) is 49.8 Å². The molecule has 160 valence electrons. The first-order chi connectivity index (χ1) is 14.4. The molecule has 1 aliphatic heterocycles. The average Bonchev–Trinajstić information content (AvgIpc) is 3.59. The van der Waals surface area contributed by atoms with Gasteiger partial charge in [-0.25, -0.2) is 18.4 Å². The zero-order valence-electron chi connectivity index (χ0n) is 16.5. The van der Waals surface area contributed by atoms with Gasteiger partial charge < -0.3 is 10.1 Å². The second-order valence-electron chi connectivity index (χ2n) is 7.86. The number of hydrogen-bond acceptors (Lipinski definition) is 6. The van der Waals surface area contributed by atoms with Crippen molar-refractivity contribution in [3.63, 3.8) is 0 Å². The van der Waals surface area contributed by atoms with Gasteiger partial charge in [-0.15, -0.1) is 0 Å². The fourth-order valence-corrected chi connectivity index (χ4v) is 6.03. The predicted molar refractivity (Wildman–Crippen MR) is 113 cm³/mol. The number of benzene rings is 1. The van der Waals surface area contributed by atoms with E-state index in [1.807, 2.05) is 0 Å². The van der Waals surface area contributed by atoms with E-state index in [0.717, 1.165) is 12.8 Å². The topological polar surface area (TPSA) is 98.2 Å². The molecule has 1 atom stereocenters. The molecule has 1 N–H and O–H groups in total. The lowest BCUT2D eigenvalue weighted by Crippen LogP contribution is -2.26. The number of carbonyl (C=O) groups is 1. The van der Waals surface area contributed by atoms with Gasteiger partial charge in [0.2, 0.25) is 5.91 Å². The summed E-state index contributed by atoms with van der Waals surface area (Å²) in [4.78, 5) is 21.2. The van der Waals surface area contributed by atoms with E-state index in [1.165, 1.54) is 6.33 Å². The number of nitrogens with one attached hydrogen (secondary N) is 1. The maximum atomic E-state index is 13.1. The van der Waals surface area contributed by atoms with E-state index in [9.17, 15) is 13.2 Å². The van der Waals surface area contributed by atoms with Crippen LogP contribution in [0.3, 0.4) is 0 Å². The molecule has 0 unspecified atom stereocenters. The molecule has 1 saturated heterocycles. The maximum Gasteiger partial charge on any atom is 0.233 e. The highest BCUT2D eigenvalue weighted by Gasteiger charge is 2.38. The molecule has 1 saturated carbocycles. The first kappa shape index (κ1) is 21.2. The Balaban J connectivity index is 1.61. The van der Waals surface area contributed by atoms with Gasteiger partial charge in [-0.05, 0) is 61.8 Å². The summed E-state index contributed by atoms with van der Waals surface area (Å²) < 4.78 is 30.6. The van der Waals surface area contributed by atoms with Crippen molar-refractivity contribution in [1.29, 1.82) is 0 Å². The van der Waals surface area contributed by atoms with Crippen molar-refractivity contribution in [2.75, 3.05) is 18.5 Å². The van der Waals surface area contributed by atoms with Gasteiger partial charge in [0.15, 0.2) is 9.84 Å². The van der Waals surface area contributed by atoms with E-state index in [2.05, 4.69) is 15.3 Å². The minimum absolute atomic E-state index is 0.149. The Morgan fingerprint density at radius 1 is 1.20 bits per heavy atom. The third kappa shape index (κ3) is 4.82. The Kier molecular flexibility index (Phi) is 6.36. The Morgan fingerprint density at radius 2 is 1.97 bits per heavy atom. The van der Waals surface area contributed by atoms with Gasteiger partial charge in [-0.1, -0.05) is 17.7 Å². The normalized spacial score (nSPS) is 18.7. The van der Waals surface area contributed by atoms with Crippen LogP contribution >= 0.6 is 11.6 Å². The number of sulfone groups is 1. The molecule has 0 spiro atoms. The molecular weight excluding hydrogens is 426 g/mol. The summed E-state index contributed by atoms with van der Waals surface area (Å²) in [5.74, 6) is 0.0897. The third-order valence-electron chi connectivity index (χ3n) is 5.69. The van der Waals surface area contributed by atoms with E-state index in [4.69, 9.17) is 16.3 Å². The number of ether oxygens (including phenoxy) is 1. The fraction of sp³-hybridized carbons (Fsp3) is 0.476. The van der Waals surface area contributed by atoms with Crippen molar-refractivity contribution < 1.29 is 17.9 Å². The monoisotopic (exact) mass is 449 g/mol. The molecule has 1 aromatic carbocycles. The maximum absolute atomic E-state index is 13.1. The highest BCUT2D eigenvalue weighted by molar-refractivity contribution is 7.92.